The van der Waals surface area contributed by atoms with Gasteiger partial charge in [0.15, 0.2) is 18.4 Å². The molecule has 4 rings (SSSR count). The van der Waals surface area contributed by atoms with Crippen molar-refractivity contribution in [3.63, 3.8) is 0 Å². The van der Waals surface area contributed by atoms with E-state index in [0.29, 0.717) is 18.1 Å². The van der Waals surface area contributed by atoms with Crippen LogP contribution in [0.15, 0.2) is 77.2 Å². The van der Waals surface area contributed by atoms with E-state index >= 15 is 0 Å². The van der Waals surface area contributed by atoms with Gasteiger partial charge in [-0.15, -0.1) is 11.3 Å². The first-order valence-electron chi connectivity index (χ1n) is 11.5. The largest absolute Gasteiger partial charge is 0.367 e. The van der Waals surface area contributed by atoms with Gasteiger partial charge in [-0.05, 0) is 84.0 Å². The number of aromatic nitrogens is 2. The Hall–Kier alpha value is -3.12. The minimum Gasteiger partial charge on any atom is -0.367 e. The molecule has 0 atom stereocenters. The molecule has 0 aliphatic carbocycles. The Balaban J connectivity index is 1.52. The fraction of sp³-hybridized carbons (Fsp3) is 0.333. The molecule has 6 heteroatoms. The summed E-state index contributed by atoms with van der Waals surface area (Å²) in [6.07, 6.45) is 4.22. The molecule has 4 aromatic rings. The van der Waals surface area contributed by atoms with E-state index in [1.165, 1.54) is 5.69 Å². The van der Waals surface area contributed by atoms with Crippen LogP contribution in [0.1, 0.15) is 47.6 Å². The zero-order valence-corrected chi connectivity index (χ0v) is 21.0. The van der Waals surface area contributed by atoms with Gasteiger partial charge in [0.1, 0.15) is 5.01 Å². The summed E-state index contributed by atoms with van der Waals surface area (Å²) in [7, 11) is 0. The molecule has 0 bridgehead atoms. The second-order valence-corrected chi connectivity index (χ2v) is 10.1. The molecule has 0 N–H and O–H groups in total. The van der Waals surface area contributed by atoms with Crippen LogP contribution in [-0.4, -0.2) is 17.1 Å². The maximum absolute atomic E-state index is 4.80. The topological polar surface area (TPSA) is 44.7 Å². The lowest BCUT2D eigenvalue weighted by atomic mass is 10.2. The number of pyridine rings is 1. The van der Waals surface area contributed by atoms with Crippen LogP contribution in [-0.2, 0) is 0 Å². The van der Waals surface area contributed by atoms with Crippen LogP contribution < -0.4 is 9.47 Å². The van der Waals surface area contributed by atoms with E-state index in [0.717, 1.165) is 32.2 Å². The fourth-order valence-corrected chi connectivity index (χ4v) is 5.03. The zero-order valence-electron chi connectivity index (χ0n) is 20.2. The van der Waals surface area contributed by atoms with Gasteiger partial charge in [0, 0.05) is 35.5 Å². The third-order valence-electron chi connectivity index (χ3n) is 5.61. The molecule has 5 nitrogen and oxygen atoms in total. The molecule has 2 aromatic carbocycles. The number of anilines is 1. The highest BCUT2D eigenvalue weighted by atomic mass is 32.1. The molecule has 0 spiro atoms. The molecule has 2 aromatic heterocycles. The molecular weight excluding hydrogens is 426 g/mol. The van der Waals surface area contributed by atoms with Crippen molar-refractivity contribution >= 4 is 38.6 Å². The van der Waals surface area contributed by atoms with E-state index in [4.69, 9.17) is 4.98 Å². The van der Waals surface area contributed by atoms with Crippen LogP contribution in [0, 0.1) is 0 Å². The van der Waals surface area contributed by atoms with E-state index in [-0.39, 0.29) is 0 Å². The molecule has 2 heterocycles. The summed E-state index contributed by atoms with van der Waals surface area (Å²) in [6.45, 7) is 13.2. The second kappa shape index (κ2) is 9.79. The van der Waals surface area contributed by atoms with Gasteiger partial charge in [0.25, 0.3) is 0 Å². The first kappa shape index (κ1) is 23.1. The highest BCUT2D eigenvalue weighted by molar-refractivity contribution is 7.21. The number of benzene rings is 2. The average molecular weight is 459 g/mol. The lowest BCUT2D eigenvalue weighted by molar-refractivity contribution is -0.716. The van der Waals surface area contributed by atoms with Crippen molar-refractivity contribution in [3.05, 3.63) is 67.0 Å². The summed E-state index contributed by atoms with van der Waals surface area (Å²) < 4.78 is 3.30. The summed E-state index contributed by atoms with van der Waals surface area (Å²) >= 11 is 1.68. The molecule has 0 unspecified atom stereocenters. The molecule has 0 amide bonds. The normalized spacial score (nSPS) is 12.0. The van der Waals surface area contributed by atoms with Crippen LogP contribution in [0.4, 0.5) is 17.1 Å². The van der Waals surface area contributed by atoms with Gasteiger partial charge in [0.2, 0.25) is 0 Å². The lowest BCUT2D eigenvalue weighted by Gasteiger charge is -2.33. The minimum absolute atomic E-state index is 0.445. The van der Waals surface area contributed by atoms with Gasteiger partial charge < -0.3 is 4.90 Å². The van der Waals surface area contributed by atoms with E-state index in [1.807, 2.05) is 24.3 Å². The van der Waals surface area contributed by atoms with Crippen molar-refractivity contribution in [1.82, 2.24) is 4.98 Å². The first-order chi connectivity index (χ1) is 15.8. The minimum atomic E-state index is 0.445. The predicted molar refractivity (Wildman–Crippen MR) is 139 cm³/mol. The van der Waals surface area contributed by atoms with Gasteiger partial charge in [0.05, 0.1) is 21.6 Å². The van der Waals surface area contributed by atoms with Gasteiger partial charge in [-0.3, -0.25) is 0 Å². The third-order valence-corrected chi connectivity index (χ3v) is 6.68. The molecule has 0 radical (unpaired) electrons. The molecule has 33 heavy (non-hydrogen) atoms. The van der Waals surface area contributed by atoms with Gasteiger partial charge in [-0.1, -0.05) is 0 Å². The highest BCUT2D eigenvalue weighted by Gasteiger charge is 2.14. The SMILES string of the molecule is CC(C)N(c1ccc(/N=N/c2ccc3nc(-c4cc[n+](C(C)C)cc4)sc3c2)cc1)C(C)C. The van der Waals surface area contributed by atoms with Crippen molar-refractivity contribution in [3.8, 4) is 10.6 Å². The summed E-state index contributed by atoms with van der Waals surface area (Å²) in [6, 6.07) is 19.9. The van der Waals surface area contributed by atoms with Crippen LogP contribution in [0.2, 0.25) is 0 Å². The maximum atomic E-state index is 4.80. The first-order valence-corrected chi connectivity index (χ1v) is 12.4. The molecule has 0 fully saturated rings. The number of hydrogen-bond donors (Lipinski definition) is 0. The molecule has 0 saturated carbocycles. The number of hydrogen-bond acceptors (Lipinski definition) is 5. The Bertz CT molecular complexity index is 1230. The molecule has 0 aliphatic rings. The Morgan fingerprint density at radius 3 is 2.00 bits per heavy atom. The van der Waals surface area contributed by atoms with Crippen molar-refractivity contribution in [1.29, 1.82) is 0 Å². The Morgan fingerprint density at radius 2 is 1.39 bits per heavy atom. The van der Waals surface area contributed by atoms with Crippen molar-refractivity contribution < 1.29 is 4.57 Å². The van der Waals surface area contributed by atoms with Gasteiger partial charge in [-0.25, -0.2) is 9.55 Å². The number of nitrogens with zero attached hydrogens (tertiary/aromatic N) is 5. The van der Waals surface area contributed by atoms with E-state index in [1.54, 1.807) is 11.3 Å². The molecular formula is C27H32N5S+. The summed E-state index contributed by atoms with van der Waals surface area (Å²) in [4.78, 5) is 7.20. The van der Waals surface area contributed by atoms with Crippen LogP contribution in [0.3, 0.4) is 0 Å². The molecule has 170 valence electrons. The molecule has 0 saturated heterocycles. The summed E-state index contributed by atoms with van der Waals surface area (Å²) in [5.74, 6) is 0. The smallest absolute Gasteiger partial charge is 0.169 e. The van der Waals surface area contributed by atoms with Gasteiger partial charge in [-0.2, -0.15) is 10.2 Å². The number of rotatable bonds is 7. The Morgan fingerprint density at radius 1 is 0.788 bits per heavy atom. The predicted octanol–water partition coefficient (Wildman–Crippen LogP) is 7.87. The zero-order chi connectivity index (χ0) is 23.5. The third kappa shape index (κ3) is 5.28. The number of thiazole rings is 1. The average Bonchev–Trinajstić information content (AvgIpc) is 3.21. The standard InChI is InChI=1S/C27H32N5S/c1-18(2)31-15-13-21(14-16-31)27-28-25-12-9-23(17-26(25)33-27)30-29-22-7-10-24(11-8-22)32(19(3)4)20(5)6/h7-20H,1-6H3/q+1. The van der Waals surface area contributed by atoms with Crippen LogP contribution in [0.25, 0.3) is 20.8 Å². The monoisotopic (exact) mass is 458 g/mol. The van der Waals surface area contributed by atoms with E-state index in [2.05, 4.69) is 104 Å². The van der Waals surface area contributed by atoms with Crippen molar-refractivity contribution in [2.24, 2.45) is 10.2 Å². The maximum Gasteiger partial charge on any atom is 0.169 e. The molecule has 0 aliphatic heterocycles. The highest BCUT2D eigenvalue weighted by Crippen LogP contribution is 2.33. The van der Waals surface area contributed by atoms with Crippen molar-refractivity contribution in [2.45, 2.75) is 59.7 Å². The Labute approximate surface area is 200 Å². The fourth-order valence-electron chi connectivity index (χ4n) is 4.02. The summed E-state index contributed by atoms with van der Waals surface area (Å²) in [5.41, 5.74) is 5.00. The van der Waals surface area contributed by atoms with E-state index < -0.39 is 0 Å². The Kier molecular flexibility index (Phi) is 6.84. The number of fused-ring (bicyclic) bond motifs is 1. The summed E-state index contributed by atoms with van der Waals surface area (Å²) in [5, 5.41) is 9.94. The van der Waals surface area contributed by atoms with E-state index in [9.17, 15) is 0 Å². The second-order valence-electron chi connectivity index (χ2n) is 9.11. The van der Waals surface area contributed by atoms with Crippen LogP contribution in [0.5, 0.6) is 0 Å². The quantitative estimate of drug-likeness (QED) is 0.209. The van der Waals surface area contributed by atoms with Crippen LogP contribution >= 0.6 is 11.3 Å². The number of azo groups is 1. The van der Waals surface area contributed by atoms with Crippen molar-refractivity contribution in [2.75, 3.05) is 4.90 Å². The lowest BCUT2D eigenvalue weighted by Crippen LogP contribution is -2.36. The van der Waals surface area contributed by atoms with Gasteiger partial charge >= 0.3 is 0 Å².